The number of phosphoric ester groups is 1. The molecule has 7 rings (SSSR count). The molecule has 0 bridgehead atoms. The molecule has 24 nitrogen and oxygen atoms in total. The van der Waals surface area contributed by atoms with Crippen LogP contribution in [0.15, 0.2) is 45.0 Å². The van der Waals surface area contributed by atoms with Crippen molar-refractivity contribution in [3.05, 3.63) is 78.7 Å². The number of nitrogens with one attached hydrogen (secondary N) is 2. The van der Waals surface area contributed by atoms with Gasteiger partial charge in [-0.25, -0.2) is 36.5 Å². The highest BCUT2D eigenvalue weighted by Gasteiger charge is 2.42. The third-order valence-electron chi connectivity index (χ3n) is 11.5. The first kappa shape index (κ1) is 50.5. The van der Waals surface area contributed by atoms with Gasteiger partial charge in [0.25, 0.3) is 5.56 Å². The van der Waals surface area contributed by atoms with Crippen LogP contribution < -0.4 is 41.5 Å². The number of amides is 1. The Morgan fingerprint density at radius 2 is 1.85 bits per heavy atom. The van der Waals surface area contributed by atoms with Crippen LogP contribution in [0.25, 0.3) is 0 Å². The summed E-state index contributed by atoms with van der Waals surface area (Å²) in [4.78, 5) is 83.8. The van der Waals surface area contributed by atoms with Crippen LogP contribution in [0.4, 0.5) is 11.4 Å². The van der Waals surface area contributed by atoms with Gasteiger partial charge in [-0.1, -0.05) is 11.8 Å². The second kappa shape index (κ2) is 19.6. The lowest BCUT2D eigenvalue weighted by Crippen LogP contribution is -2.50. The van der Waals surface area contributed by atoms with Gasteiger partial charge in [-0.3, -0.25) is 23.7 Å². The topological polar surface area (TPSA) is 338 Å². The molecule has 0 saturated carbocycles. The highest BCUT2D eigenvalue weighted by atomic mass is 32.2. The molecular weight excluding hydrogens is 965 g/mol. The van der Waals surface area contributed by atoms with Crippen LogP contribution in [-0.4, -0.2) is 98.2 Å². The van der Waals surface area contributed by atoms with Crippen LogP contribution in [-0.2, 0) is 52.9 Å². The number of phosphoric acid groups is 3. The molecule has 364 valence electrons. The molecule has 4 aliphatic heterocycles. The number of fused-ring (bicyclic) bond motifs is 4. The Hall–Kier alpha value is -4.37. The van der Waals surface area contributed by atoms with Gasteiger partial charge >= 0.3 is 29.2 Å². The summed E-state index contributed by atoms with van der Waals surface area (Å²) in [6, 6.07) is 7.68. The van der Waals surface area contributed by atoms with Gasteiger partial charge in [0.05, 0.1) is 35.4 Å². The zero-order valence-corrected chi connectivity index (χ0v) is 39.9. The van der Waals surface area contributed by atoms with E-state index in [-0.39, 0.29) is 37.3 Å². The van der Waals surface area contributed by atoms with Gasteiger partial charge in [0.2, 0.25) is 11.3 Å². The molecule has 0 spiro atoms. The summed E-state index contributed by atoms with van der Waals surface area (Å²) in [6.07, 6.45) is 2.08. The van der Waals surface area contributed by atoms with Crippen molar-refractivity contribution in [2.75, 3.05) is 43.4 Å². The molecule has 1 saturated heterocycles. The largest absolute Gasteiger partial charge is 0.748 e. The quantitative estimate of drug-likeness (QED) is 0.0402. The predicted molar refractivity (Wildman–Crippen MR) is 235 cm³/mol. The van der Waals surface area contributed by atoms with E-state index in [0.29, 0.717) is 53.2 Å². The van der Waals surface area contributed by atoms with Crippen LogP contribution >= 0.6 is 23.5 Å². The molecule has 1 aromatic heterocycles. The van der Waals surface area contributed by atoms with Gasteiger partial charge < -0.3 is 43.8 Å². The van der Waals surface area contributed by atoms with Crippen LogP contribution in [0.2, 0.25) is 0 Å². The van der Waals surface area contributed by atoms with Crippen molar-refractivity contribution in [3.63, 3.8) is 0 Å². The number of aromatic nitrogens is 2. The van der Waals surface area contributed by atoms with Gasteiger partial charge in [0.15, 0.2) is 11.5 Å². The zero-order valence-electron chi connectivity index (χ0n) is 36.4. The van der Waals surface area contributed by atoms with E-state index in [9.17, 15) is 50.8 Å². The van der Waals surface area contributed by atoms with Crippen LogP contribution in [0.5, 0.6) is 11.5 Å². The number of H-pyrrole nitrogens is 1. The molecule has 2 aromatic carbocycles. The molecule has 3 unspecified atom stereocenters. The average molecular weight is 1010 g/mol. The maximum atomic E-state index is 13.0. The van der Waals surface area contributed by atoms with Gasteiger partial charge in [0.1, 0.15) is 35.9 Å². The fourth-order valence-corrected chi connectivity index (χ4v) is 12.6. The number of ether oxygens (including phenoxy) is 2. The first-order valence-electron chi connectivity index (χ1n) is 21.0. The number of carbonyl (C=O) groups is 1. The third-order valence-corrected chi connectivity index (χ3v) is 16.1. The van der Waals surface area contributed by atoms with Crippen molar-refractivity contribution in [1.82, 2.24) is 19.4 Å². The first-order valence-corrected chi connectivity index (χ1v) is 27.1. The van der Waals surface area contributed by atoms with Gasteiger partial charge in [-0.15, -0.1) is 0 Å². The molecule has 3 aromatic rings. The Balaban J connectivity index is 0.974. The number of aromatic amines is 1. The standard InChI is InChI=1S/C39H49N6O18P3S/c1-4-43-14-6-9-24-16-29-33(18-31(24)43)61-34-19-32-28(17-30(34)41-29)26(23-67(56,57)58)20-39(2,3)45(32)15-7-10-35(46)40-13-5-8-25-21-44(38(48)42-37(25)47)36-12-11-27(60-36)22-59-65(52,53)63-66(54,55)62-64(49,50)51/h16-19,21,26-27,36H,4,6-7,9-15,20,22-23H2,1-3H3,(H6-,40,42,46,47,48,49,50,51,52,53,54,55,56,57,58)/t26?,27-,36+/m0/s1. The molecule has 1 amide bonds. The Morgan fingerprint density at radius 1 is 1.09 bits per heavy atom. The highest BCUT2D eigenvalue weighted by molar-refractivity contribution is 7.85. The summed E-state index contributed by atoms with van der Waals surface area (Å²) in [6.45, 7) is 7.26. The van der Waals surface area contributed by atoms with Gasteiger partial charge in [-0.2, -0.15) is 8.62 Å². The Bertz CT molecular complexity index is 3050. The highest BCUT2D eigenvalue weighted by Crippen LogP contribution is 2.66. The number of carbonyl (C=O) groups excluding carboxylic acids is 1. The number of anilines is 1. The normalized spacial score (nSPS) is 21.5. The Kier molecular flexibility index (Phi) is 14.7. The number of benzene rings is 2. The maximum absolute atomic E-state index is 13.0. The summed E-state index contributed by atoms with van der Waals surface area (Å²) in [5, 5.41) is 4.45. The minimum Gasteiger partial charge on any atom is -0.748 e. The van der Waals surface area contributed by atoms with Crippen molar-refractivity contribution in [1.29, 1.82) is 0 Å². The maximum Gasteiger partial charge on any atom is 0.490 e. The SMILES string of the molecule is CC[N+]1=c2cc3c(cc2CCC1)=Nc1cc2c(cc1O3)N(CCCC(=O)NCC#Cc1cn([C@H]3CC[C@@H](COP(=O)(O)OP(=O)(O)OP(=O)(O)O)O3)c(=O)[nH]c1=O)C(C)(C)CC2CS(=O)(=O)[O-]. The molecule has 28 heteroatoms. The summed E-state index contributed by atoms with van der Waals surface area (Å²) in [5.41, 5.74) is 0.535. The number of hydrogen-bond acceptors (Lipinski definition) is 16. The number of rotatable bonds is 16. The van der Waals surface area contributed by atoms with E-state index in [0.717, 1.165) is 42.1 Å². The first-order chi connectivity index (χ1) is 31.3. The molecule has 1 fully saturated rings. The van der Waals surface area contributed by atoms with Crippen molar-refractivity contribution in [2.45, 2.75) is 89.5 Å². The fraction of sp³-hybridized carbons (Fsp3) is 0.513. The smallest absolute Gasteiger partial charge is 0.490 e. The van der Waals surface area contributed by atoms with E-state index in [1.165, 1.54) is 5.56 Å². The van der Waals surface area contributed by atoms with E-state index in [2.05, 4.69) is 51.7 Å². The van der Waals surface area contributed by atoms with E-state index >= 15 is 0 Å². The minimum atomic E-state index is -5.73. The molecule has 6 N–H and O–H groups in total. The lowest BCUT2D eigenvalue weighted by molar-refractivity contribution is -0.120. The van der Waals surface area contributed by atoms with Crippen LogP contribution in [0.3, 0.4) is 0 Å². The van der Waals surface area contributed by atoms with Crippen molar-refractivity contribution >= 4 is 50.9 Å². The summed E-state index contributed by atoms with van der Waals surface area (Å²) >= 11 is 0. The zero-order chi connectivity index (χ0) is 48.7. The van der Waals surface area contributed by atoms with Crippen molar-refractivity contribution in [3.8, 4) is 23.3 Å². The van der Waals surface area contributed by atoms with Crippen LogP contribution in [0, 0.1) is 11.8 Å². The summed E-state index contributed by atoms with van der Waals surface area (Å²) in [5.74, 6) is 4.81. The predicted octanol–water partition coefficient (Wildman–Crippen LogP) is 1.64. The number of nitrogens with zero attached hydrogens (tertiary/aromatic N) is 4. The van der Waals surface area contributed by atoms with E-state index in [4.69, 9.17) is 24.3 Å². The molecule has 5 atom stereocenters. The molecule has 0 aliphatic carbocycles. The van der Waals surface area contributed by atoms with Crippen molar-refractivity contribution < 1.29 is 73.7 Å². The lowest BCUT2D eigenvalue weighted by Gasteiger charge is -2.48. The second-order valence-electron chi connectivity index (χ2n) is 16.9. The number of aryl methyl sites for hydroxylation is 1. The monoisotopic (exact) mass is 1010 g/mol. The second-order valence-corrected chi connectivity index (χ2v) is 22.8. The third kappa shape index (κ3) is 12.6. The molecule has 67 heavy (non-hydrogen) atoms. The average Bonchev–Trinajstić information content (AvgIpc) is 3.68. The van der Waals surface area contributed by atoms with Gasteiger partial charge in [-0.05, 0) is 70.6 Å². The van der Waals surface area contributed by atoms with Gasteiger partial charge in [0, 0.05) is 60.1 Å². The Labute approximate surface area is 382 Å². The van der Waals surface area contributed by atoms with E-state index in [1.807, 2.05) is 32.0 Å². The van der Waals surface area contributed by atoms with E-state index < -0.39 is 81.0 Å². The fourth-order valence-electron chi connectivity index (χ4n) is 8.74. The van der Waals surface area contributed by atoms with Crippen molar-refractivity contribution in [2.24, 2.45) is 4.99 Å². The molecule has 4 aliphatic rings. The number of hydrogen-bond donors (Lipinski definition) is 6. The van der Waals surface area contributed by atoms with E-state index in [1.54, 1.807) is 6.07 Å². The summed E-state index contributed by atoms with van der Waals surface area (Å²) < 4.78 is 98.3. The molecule has 0 radical (unpaired) electrons. The molecular formula is C39H49N6O18P3S. The molecule has 5 heterocycles. The lowest BCUT2D eigenvalue weighted by atomic mass is 9.79. The summed E-state index contributed by atoms with van der Waals surface area (Å²) in [7, 11) is -21.3. The minimum absolute atomic E-state index is 0.0683. The Morgan fingerprint density at radius 3 is 2.57 bits per heavy atom. The van der Waals surface area contributed by atoms with Crippen LogP contribution in [0.1, 0.15) is 88.1 Å².